The Morgan fingerprint density at radius 3 is 2.35 bits per heavy atom. The summed E-state index contributed by atoms with van der Waals surface area (Å²) in [5.74, 6) is 0. The van der Waals surface area contributed by atoms with Crippen molar-refractivity contribution >= 4 is 23.3 Å². The van der Waals surface area contributed by atoms with Crippen molar-refractivity contribution in [3.63, 3.8) is 0 Å². The zero-order valence-electron chi connectivity index (χ0n) is 21.6. The van der Waals surface area contributed by atoms with Gasteiger partial charge in [-0.15, -0.1) is 0 Å². The molecule has 0 atom stereocenters. The largest absolute Gasteiger partial charge is 0.386 e. The summed E-state index contributed by atoms with van der Waals surface area (Å²) >= 11 is 6.11. The normalized spacial score (nSPS) is 19.4. The number of rotatable bonds is 6. The van der Waals surface area contributed by atoms with Crippen LogP contribution in [0.2, 0.25) is 5.02 Å². The summed E-state index contributed by atoms with van der Waals surface area (Å²) in [6.45, 7) is 3.44. The molecule has 10 heteroatoms. The summed E-state index contributed by atoms with van der Waals surface area (Å²) in [7, 11) is 3.97. The molecule has 2 aromatic rings. The number of aryl methyl sites for hydroxylation is 1. The predicted molar refractivity (Wildman–Crippen MR) is 140 cm³/mol. The first kappa shape index (κ1) is 30.4. The van der Waals surface area contributed by atoms with Crippen molar-refractivity contribution in [2.75, 3.05) is 32.5 Å². The fourth-order valence-electron chi connectivity index (χ4n) is 4.23. The maximum Gasteiger partial charge on any atom is 0.386 e. The van der Waals surface area contributed by atoms with E-state index in [1.807, 2.05) is 44.1 Å². The van der Waals surface area contributed by atoms with Gasteiger partial charge in [-0.1, -0.05) is 23.7 Å². The molecule has 1 saturated carbocycles. The molecule has 1 aliphatic rings. The molecule has 0 heterocycles. The standard InChI is InChI=1S/C25H31ClN4O2.C2H3F3/c1-18-15-21(7-8-23(18)26)28-24(31)30(14-13-29(2)3)22-9-11-25(32,12-10-22)20-6-4-5-19(16-20)17-27;1-2(3,4)5/h4-8,15-16,22,32H,9-14H2,1-3H3,(H,28,31);1H3. The van der Waals surface area contributed by atoms with Crippen LogP contribution in [0, 0.1) is 18.3 Å². The highest BCUT2D eigenvalue weighted by Crippen LogP contribution is 2.39. The highest BCUT2D eigenvalue weighted by atomic mass is 35.5. The first-order valence-corrected chi connectivity index (χ1v) is 12.4. The van der Waals surface area contributed by atoms with Crippen LogP contribution < -0.4 is 5.32 Å². The van der Waals surface area contributed by atoms with E-state index in [9.17, 15) is 28.3 Å². The topological polar surface area (TPSA) is 79.6 Å². The van der Waals surface area contributed by atoms with Gasteiger partial charge in [0, 0.05) is 36.8 Å². The second-order valence-electron chi connectivity index (χ2n) is 9.63. The zero-order chi connectivity index (χ0) is 27.8. The lowest BCUT2D eigenvalue weighted by Gasteiger charge is -2.41. The number of alkyl halides is 3. The zero-order valence-corrected chi connectivity index (χ0v) is 22.3. The van der Waals surface area contributed by atoms with Gasteiger partial charge in [0.2, 0.25) is 0 Å². The second kappa shape index (κ2) is 13.1. The van der Waals surface area contributed by atoms with Crippen LogP contribution in [0.1, 0.15) is 49.3 Å². The van der Waals surface area contributed by atoms with E-state index < -0.39 is 11.8 Å². The van der Waals surface area contributed by atoms with Gasteiger partial charge in [-0.05, 0) is 88.2 Å². The number of carbonyl (C=O) groups excluding carboxylic acids is 1. The predicted octanol–water partition coefficient (Wildman–Crippen LogP) is 6.31. The van der Waals surface area contributed by atoms with Crippen LogP contribution in [0.4, 0.5) is 23.7 Å². The molecule has 1 aliphatic carbocycles. The van der Waals surface area contributed by atoms with Crippen molar-refractivity contribution in [3.8, 4) is 6.07 Å². The molecule has 0 aromatic heterocycles. The Labute approximate surface area is 221 Å². The molecule has 0 saturated heterocycles. The number of carbonyl (C=O) groups is 1. The Hall–Kier alpha value is -2.80. The first-order valence-electron chi connectivity index (χ1n) is 12.0. The van der Waals surface area contributed by atoms with Crippen LogP contribution in [0.25, 0.3) is 0 Å². The average Bonchev–Trinajstić information content (AvgIpc) is 2.81. The third-order valence-electron chi connectivity index (χ3n) is 6.21. The van der Waals surface area contributed by atoms with Crippen LogP contribution in [0.5, 0.6) is 0 Å². The molecule has 37 heavy (non-hydrogen) atoms. The van der Waals surface area contributed by atoms with Gasteiger partial charge >= 0.3 is 12.2 Å². The number of urea groups is 1. The van der Waals surface area contributed by atoms with Gasteiger partial charge in [0.1, 0.15) is 0 Å². The summed E-state index contributed by atoms with van der Waals surface area (Å²) in [6, 6.07) is 14.7. The van der Waals surface area contributed by atoms with E-state index >= 15 is 0 Å². The molecule has 2 N–H and O–H groups in total. The van der Waals surface area contributed by atoms with E-state index in [-0.39, 0.29) is 19.0 Å². The molecular weight excluding hydrogens is 505 g/mol. The van der Waals surface area contributed by atoms with Gasteiger partial charge in [-0.25, -0.2) is 4.79 Å². The molecule has 3 rings (SSSR count). The summed E-state index contributed by atoms with van der Waals surface area (Å²) in [6.07, 6.45) is -1.54. The third kappa shape index (κ3) is 9.88. The van der Waals surface area contributed by atoms with Crippen molar-refractivity contribution < 1.29 is 23.1 Å². The number of benzene rings is 2. The number of likely N-dealkylation sites (N-methyl/N-ethyl adjacent to an activating group) is 1. The lowest BCUT2D eigenvalue weighted by molar-refractivity contribution is -0.110. The number of halogens is 4. The maximum atomic E-state index is 13.2. The van der Waals surface area contributed by atoms with Crippen LogP contribution in [-0.2, 0) is 5.60 Å². The number of nitrogens with zero attached hydrogens (tertiary/aromatic N) is 3. The van der Waals surface area contributed by atoms with Crippen LogP contribution in [-0.4, -0.2) is 60.3 Å². The number of aliphatic hydroxyl groups is 1. The highest BCUT2D eigenvalue weighted by molar-refractivity contribution is 6.31. The molecular formula is C27H34ClF3N4O2. The van der Waals surface area contributed by atoms with Crippen molar-refractivity contribution in [1.29, 1.82) is 5.26 Å². The van der Waals surface area contributed by atoms with Gasteiger partial charge in [-0.2, -0.15) is 18.4 Å². The van der Waals surface area contributed by atoms with Gasteiger partial charge in [0.15, 0.2) is 0 Å². The number of anilines is 1. The Balaban J connectivity index is 0.000000877. The fraction of sp³-hybridized carbons (Fsp3) is 0.481. The van der Waals surface area contributed by atoms with Crippen molar-refractivity contribution in [2.24, 2.45) is 0 Å². The van der Waals surface area contributed by atoms with E-state index in [0.717, 1.165) is 17.7 Å². The smallest absolute Gasteiger partial charge is 0.385 e. The Bertz CT molecular complexity index is 1090. The number of hydrogen-bond acceptors (Lipinski definition) is 4. The van der Waals surface area contributed by atoms with Crippen LogP contribution in [0.15, 0.2) is 42.5 Å². The molecule has 0 bridgehead atoms. The van der Waals surface area contributed by atoms with E-state index in [1.165, 1.54) is 0 Å². The van der Waals surface area contributed by atoms with Crippen LogP contribution >= 0.6 is 11.6 Å². The lowest BCUT2D eigenvalue weighted by atomic mass is 9.77. The summed E-state index contributed by atoms with van der Waals surface area (Å²) in [4.78, 5) is 17.1. The Kier molecular flexibility index (Phi) is 10.8. The maximum absolute atomic E-state index is 13.2. The minimum atomic E-state index is -4.00. The third-order valence-corrected chi connectivity index (χ3v) is 6.63. The summed E-state index contributed by atoms with van der Waals surface area (Å²) in [5.41, 5.74) is 1.97. The highest BCUT2D eigenvalue weighted by Gasteiger charge is 2.38. The monoisotopic (exact) mass is 538 g/mol. The van der Waals surface area contributed by atoms with Crippen LogP contribution in [0.3, 0.4) is 0 Å². The molecule has 2 aromatic carbocycles. The molecule has 1 fully saturated rings. The minimum absolute atomic E-state index is 0.0303. The van der Waals surface area contributed by atoms with E-state index in [0.29, 0.717) is 48.5 Å². The Morgan fingerprint density at radius 2 is 1.81 bits per heavy atom. The van der Waals surface area contributed by atoms with Gasteiger partial charge < -0.3 is 20.2 Å². The fourth-order valence-corrected chi connectivity index (χ4v) is 4.35. The molecule has 0 aliphatic heterocycles. The van der Waals surface area contributed by atoms with Crippen molar-refractivity contribution in [1.82, 2.24) is 9.80 Å². The molecule has 2 amide bonds. The number of amides is 2. The van der Waals surface area contributed by atoms with Crippen molar-refractivity contribution in [2.45, 2.75) is 57.3 Å². The van der Waals surface area contributed by atoms with E-state index in [1.54, 1.807) is 24.3 Å². The summed E-state index contributed by atoms with van der Waals surface area (Å²) in [5, 5.41) is 24.1. The number of hydrogen-bond donors (Lipinski definition) is 2. The number of nitriles is 1. The molecule has 202 valence electrons. The van der Waals surface area contributed by atoms with Gasteiger partial charge in [0.05, 0.1) is 17.2 Å². The molecule has 0 spiro atoms. The lowest BCUT2D eigenvalue weighted by Crippen LogP contribution is -2.49. The van der Waals surface area contributed by atoms with Gasteiger partial charge in [-0.3, -0.25) is 0 Å². The molecule has 6 nitrogen and oxygen atoms in total. The molecule has 0 unspecified atom stereocenters. The quantitative estimate of drug-likeness (QED) is 0.451. The second-order valence-corrected chi connectivity index (χ2v) is 10.0. The molecule has 0 radical (unpaired) electrons. The Morgan fingerprint density at radius 1 is 1.19 bits per heavy atom. The average molecular weight is 539 g/mol. The number of nitrogens with one attached hydrogen (secondary N) is 1. The van der Waals surface area contributed by atoms with E-state index in [2.05, 4.69) is 16.3 Å². The SMILES string of the molecule is CC(F)(F)F.Cc1cc(NC(=O)N(CCN(C)C)C2CCC(O)(c3cccc(C#N)c3)CC2)ccc1Cl. The first-order chi connectivity index (χ1) is 17.2. The summed E-state index contributed by atoms with van der Waals surface area (Å²) < 4.78 is 31.1. The van der Waals surface area contributed by atoms with Crippen molar-refractivity contribution in [3.05, 3.63) is 64.2 Å². The minimum Gasteiger partial charge on any atom is -0.385 e. The van der Waals surface area contributed by atoms with Gasteiger partial charge in [0.25, 0.3) is 0 Å². The van der Waals surface area contributed by atoms with E-state index in [4.69, 9.17) is 11.6 Å².